The number of nitrogens with one attached hydrogen (secondary N) is 2. The molecule has 27 heavy (non-hydrogen) atoms. The van der Waals surface area contributed by atoms with Crippen molar-refractivity contribution < 1.29 is 9.59 Å². The molecule has 3 rings (SSSR count). The quantitative estimate of drug-likeness (QED) is 0.774. The standard InChI is InChI=1S/C20H23ClN4O2/c21-17-6-4-15(5-7-17)13-23-19(26)20(27)24-14-16-8-11-25(12-9-16)18-3-1-2-10-22-18/h1-7,10,16H,8-9,11-14H2,(H,23,26)(H,24,27). The zero-order valence-corrected chi connectivity index (χ0v) is 15.8. The highest BCUT2D eigenvalue weighted by atomic mass is 35.5. The molecular formula is C20H23ClN4O2. The van der Waals surface area contributed by atoms with Gasteiger partial charge in [0.2, 0.25) is 0 Å². The van der Waals surface area contributed by atoms with Crippen LogP contribution in [-0.2, 0) is 16.1 Å². The van der Waals surface area contributed by atoms with E-state index in [0.29, 0.717) is 24.0 Å². The normalized spacial score (nSPS) is 14.6. The molecule has 0 spiro atoms. The monoisotopic (exact) mass is 386 g/mol. The van der Waals surface area contributed by atoms with E-state index >= 15 is 0 Å². The molecule has 0 bridgehead atoms. The van der Waals surface area contributed by atoms with Crippen LogP contribution in [-0.4, -0.2) is 36.4 Å². The summed E-state index contributed by atoms with van der Waals surface area (Å²) in [6.45, 7) is 2.62. The van der Waals surface area contributed by atoms with Gasteiger partial charge in [-0.15, -0.1) is 0 Å². The molecule has 142 valence electrons. The second-order valence-corrected chi connectivity index (χ2v) is 7.07. The molecule has 2 heterocycles. The van der Waals surface area contributed by atoms with Gasteiger partial charge in [-0.1, -0.05) is 29.8 Å². The molecule has 2 amide bonds. The number of hydrogen-bond acceptors (Lipinski definition) is 4. The molecule has 1 saturated heterocycles. The first-order chi connectivity index (χ1) is 13.1. The molecule has 0 unspecified atom stereocenters. The lowest BCUT2D eigenvalue weighted by Crippen LogP contribution is -2.43. The molecule has 1 aromatic carbocycles. The Morgan fingerprint density at radius 3 is 2.41 bits per heavy atom. The van der Waals surface area contributed by atoms with Gasteiger partial charge < -0.3 is 15.5 Å². The van der Waals surface area contributed by atoms with E-state index in [-0.39, 0.29) is 0 Å². The molecule has 0 aliphatic carbocycles. The van der Waals surface area contributed by atoms with Gasteiger partial charge in [-0.05, 0) is 48.6 Å². The van der Waals surface area contributed by atoms with Crippen LogP contribution in [0.5, 0.6) is 0 Å². The first-order valence-corrected chi connectivity index (χ1v) is 9.46. The first kappa shape index (κ1) is 19.2. The van der Waals surface area contributed by atoms with Crippen molar-refractivity contribution in [3.63, 3.8) is 0 Å². The van der Waals surface area contributed by atoms with Crippen LogP contribution in [0.4, 0.5) is 5.82 Å². The smallest absolute Gasteiger partial charge is 0.309 e. The summed E-state index contributed by atoms with van der Waals surface area (Å²) in [7, 11) is 0. The van der Waals surface area contributed by atoms with Gasteiger partial charge in [0.15, 0.2) is 0 Å². The fourth-order valence-electron chi connectivity index (χ4n) is 3.09. The van der Waals surface area contributed by atoms with Crippen LogP contribution in [0.25, 0.3) is 0 Å². The number of carbonyl (C=O) groups excluding carboxylic acids is 2. The summed E-state index contributed by atoms with van der Waals surface area (Å²) in [5.41, 5.74) is 0.891. The Kier molecular flexibility index (Phi) is 6.65. The average Bonchev–Trinajstić information content (AvgIpc) is 2.72. The van der Waals surface area contributed by atoms with E-state index < -0.39 is 11.8 Å². The Morgan fingerprint density at radius 2 is 1.74 bits per heavy atom. The van der Waals surface area contributed by atoms with Gasteiger partial charge in [0.25, 0.3) is 0 Å². The predicted molar refractivity (Wildman–Crippen MR) is 105 cm³/mol. The van der Waals surface area contributed by atoms with Crippen LogP contribution in [0.2, 0.25) is 5.02 Å². The van der Waals surface area contributed by atoms with Crippen LogP contribution in [0.15, 0.2) is 48.7 Å². The van der Waals surface area contributed by atoms with Crippen LogP contribution in [0.1, 0.15) is 18.4 Å². The van der Waals surface area contributed by atoms with E-state index in [1.807, 2.05) is 30.3 Å². The molecule has 0 saturated carbocycles. The summed E-state index contributed by atoms with van der Waals surface area (Å²) in [6.07, 6.45) is 3.72. The van der Waals surface area contributed by atoms with Crippen molar-refractivity contribution in [1.82, 2.24) is 15.6 Å². The fourth-order valence-corrected chi connectivity index (χ4v) is 3.22. The maximum atomic E-state index is 12.0. The molecule has 1 fully saturated rings. The highest BCUT2D eigenvalue weighted by Crippen LogP contribution is 2.20. The maximum absolute atomic E-state index is 12.0. The maximum Gasteiger partial charge on any atom is 0.309 e. The molecular weight excluding hydrogens is 364 g/mol. The summed E-state index contributed by atoms with van der Waals surface area (Å²) in [6, 6.07) is 13.0. The van der Waals surface area contributed by atoms with E-state index in [1.54, 1.807) is 18.3 Å². The number of pyridine rings is 1. The van der Waals surface area contributed by atoms with Gasteiger partial charge in [0.1, 0.15) is 5.82 Å². The molecule has 1 aliphatic rings. The Morgan fingerprint density at radius 1 is 1.04 bits per heavy atom. The van der Waals surface area contributed by atoms with E-state index in [9.17, 15) is 9.59 Å². The lowest BCUT2D eigenvalue weighted by molar-refractivity contribution is -0.139. The summed E-state index contributed by atoms with van der Waals surface area (Å²) >= 11 is 5.83. The average molecular weight is 387 g/mol. The van der Waals surface area contributed by atoms with Crippen molar-refractivity contribution in [3.8, 4) is 0 Å². The highest BCUT2D eigenvalue weighted by Gasteiger charge is 2.21. The van der Waals surface area contributed by atoms with Crippen LogP contribution < -0.4 is 15.5 Å². The van der Waals surface area contributed by atoms with E-state index in [0.717, 1.165) is 37.3 Å². The van der Waals surface area contributed by atoms with Crippen LogP contribution in [0.3, 0.4) is 0 Å². The summed E-state index contributed by atoms with van der Waals surface area (Å²) < 4.78 is 0. The van der Waals surface area contributed by atoms with Crippen molar-refractivity contribution in [3.05, 3.63) is 59.2 Å². The second-order valence-electron chi connectivity index (χ2n) is 6.64. The minimum Gasteiger partial charge on any atom is -0.357 e. The number of rotatable bonds is 5. The Balaban J connectivity index is 1.36. The number of carbonyl (C=O) groups is 2. The minimum atomic E-state index is -0.615. The zero-order chi connectivity index (χ0) is 19.1. The first-order valence-electron chi connectivity index (χ1n) is 9.08. The molecule has 0 radical (unpaired) electrons. The van der Waals surface area contributed by atoms with E-state index in [4.69, 9.17) is 11.6 Å². The van der Waals surface area contributed by atoms with E-state index in [1.165, 1.54) is 0 Å². The number of halogens is 1. The van der Waals surface area contributed by atoms with Crippen LogP contribution in [0, 0.1) is 5.92 Å². The number of aromatic nitrogens is 1. The second kappa shape index (κ2) is 9.37. The molecule has 2 N–H and O–H groups in total. The number of anilines is 1. The van der Waals surface area contributed by atoms with Crippen molar-refractivity contribution in [2.75, 3.05) is 24.5 Å². The Hall–Kier alpha value is -2.60. The number of amides is 2. The number of piperidine rings is 1. The van der Waals surface area contributed by atoms with Crippen molar-refractivity contribution in [2.24, 2.45) is 5.92 Å². The SMILES string of the molecule is O=C(NCc1ccc(Cl)cc1)C(=O)NCC1CCN(c2ccccn2)CC1. The lowest BCUT2D eigenvalue weighted by Gasteiger charge is -2.32. The Labute approximate surface area is 163 Å². The van der Waals surface area contributed by atoms with Gasteiger partial charge in [0.05, 0.1) is 0 Å². The number of hydrogen-bond donors (Lipinski definition) is 2. The summed E-state index contributed by atoms with van der Waals surface area (Å²) in [5.74, 6) is 0.159. The third kappa shape index (κ3) is 5.69. The lowest BCUT2D eigenvalue weighted by atomic mass is 9.97. The molecule has 0 atom stereocenters. The van der Waals surface area contributed by atoms with Crippen molar-refractivity contribution in [1.29, 1.82) is 0 Å². The summed E-state index contributed by atoms with van der Waals surface area (Å²) in [4.78, 5) is 30.5. The largest absolute Gasteiger partial charge is 0.357 e. The highest BCUT2D eigenvalue weighted by molar-refractivity contribution is 6.35. The summed E-state index contributed by atoms with van der Waals surface area (Å²) in [5, 5.41) is 6.01. The predicted octanol–water partition coefficient (Wildman–Crippen LogP) is 2.38. The molecule has 6 nitrogen and oxygen atoms in total. The number of nitrogens with zero attached hydrogens (tertiary/aromatic N) is 2. The zero-order valence-electron chi connectivity index (χ0n) is 15.0. The third-order valence-electron chi connectivity index (χ3n) is 4.71. The minimum absolute atomic E-state index is 0.298. The van der Waals surface area contributed by atoms with Gasteiger partial charge in [0, 0.05) is 37.4 Å². The fraction of sp³-hybridized carbons (Fsp3) is 0.350. The van der Waals surface area contributed by atoms with Crippen LogP contribution >= 0.6 is 11.6 Å². The van der Waals surface area contributed by atoms with Gasteiger partial charge in [-0.3, -0.25) is 9.59 Å². The molecule has 2 aromatic rings. The molecule has 1 aliphatic heterocycles. The molecule has 1 aromatic heterocycles. The number of benzene rings is 1. The van der Waals surface area contributed by atoms with Gasteiger partial charge in [-0.2, -0.15) is 0 Å². The van der Waals surface area contributed by atoms with Crippen molar-refractivity contribution >= 4 is 29.2 Å². The van der Waals surface area contributed by atoms with Gasteiger partial charge >= 0.3 is 11.8 Å². The third-order valence-corrected chi connectivity index (χ3v) is 4.96. The molecule has 7 heteroatoms. The van der Waals surface area contributed by atoms with E-state index in [2.05, 4.69) is 20.5 Å². The van der Waals surface area contributed by atoms with Gasteiger partial charge in [-0.25, -0.2) is 4.98 Å². The Bertz CT molecular complexity index is 759. The topological polar surface area (TPSA) is 74.3 Å². The van der Waals surface area contributed by atoms with Crippen molar-refractivity contribution in [2.45, 2.75) is 19.4 Å².